The topological polar surface area (TPSA) is 43.8 Å². The van der Waals surface area contributed by atoms with Crippen LogP contribution in [-0.2, 0) is 19.4 Å². The number of nitrogens with two attached hydrogens (primary N) is 1. The Bertz CT molecular complexity index is 541. The minimum Gasteiger partial charge on any atom is -0.326 e. The van der Waals surface area contributed by atoms with Crippen LogP contribution in [0.5, 0.6) is 0 Å². The summed E-state index contributed by atoms with van der Waals surface area (Å²) in [6.45, 7) is 6.92. The van der Waals surface area contributed by atoms with Crippen LogP contribution in [0.1, 0.15) is 36.4 Å². The fraction of sp³-hybridized carbons (Fsp3) is 0.400. The van der Waals surface area contributed by atoms with Crippen molar-refractivity contribution in [3.63, 3.8) is 0 Å². The summed E-state index contributed by atoms with van der Waals surface area (Å²) < 4.78 is 2.04. The third-order valence-corrected chi connectivity index (χ3v) is 3.24. The first-order valence-corrected chi connectivity index (χ1v) is 6.57. The van der Waals surface area contributed by atoms with E-state index in [1.165, 1.54) is 11.3 Å². The number of nitrogens with zero attached hydrogens (tertiary/aromatic N) is 2. The molecule has 18 heavy (non-hydrogen) atoms. The van der Waals surface area contributed by atoms with Crippen molar-refractivity contribution in [3.8, 4) is 5.69 Å². The van der Waals surface area contributed by atoms with Crippen LogP contribution in [0.25, 0.3) is 5.69 Å². The average Bonchev–Trinajstić information content (AvgIpc) is 2.81. The Morgan fingerprint density at radius 3 is 2.56 bits per heavy atom. The van der Waals surface area contributed by atoms with E-state index in [-0.39, 0.29) is 0 Å². The second kappa shape index (κ2) is 5.36. The van der Waals surface area contributed by atoms with Gasteiger partial charge in [0.1, 0.15) is 0 Å². The van der Waals surface area contributed by atoms with Crippen LogP contribution in [0, 0.1) is 6.92 Å². The lowest BCUT2D eigenvalue weighted by Crippen LogP contribution is -2.08. The third kappa shape index (κ3) is 2.31. The predicted molar refractivity (Wildman–Crippen MR) is 74.9 cm³/mol. The van der Waals surface area contributed by atoms with E-state index in [2.05, 4.69) is 50.1 Å². The first-order valence-electron chi connectivity index (χ1n) is 6.57. The Balaban J connectivity index is 2.56. The van der Waals surface area contributed by atoms with Crippen molar-refractivity contribution < 1.29 is 0 Å². The highest BCUT2D eigenvalue weighted by Crippen LogP contribution is 2.19. The minimum atomic E-state index is 0.543. The lowest BCUT2D eigenvalue weighted by atomic mass is 10.1. The van der Waals surface area contributed by atoms with Gasteiger partial charge in [-0.3, -0.25) is 0 Å². The van der Waals surface area contributed by atoms with Crippen molar-refractivity contribution in [2.75, 3.05) is 0 Å². The molecule has 3 heteroatoms. The monoisotopic (exact) mass is 243 g/mol. The van der Waals surface area contributed by atoms with E-state index >= 15 is 0 Å². The van der Waals surface area contributed by atoms with Crippen LogP contribution in [0.4, 0.5) is 0 Å². The van der Waals surface area contributed by atoms with Gasteiger partial charge >= 0.3 is 0 Å². The zero-order chi connectivity index (χ0) is 13.1. The van der Waals surface area contributed by atoms with Gasteiger partial charge in [-0.25, -0.2) is 4.68 Å². The first kappa shape index (κ1) is 12.8. The highest BCUT2D eigenvalue weighted by atomic mass is 15.3. The van der Waals surface area contributed by atoms with Crippen LogP contribution in [0.2, 0.25) is 0 Å². The second-order valence-electron chi connectivity index (χ2n) is 4.58. The van der Waals surface area contributed by atoms with E-state index in [1.54, 1.807) is 0 Å². The summed E-state index contributed by atoms with van der Waals surface area (Å²) in [7, 11) is 0. The lowest BCUT2D eigenvalue weighted by Gasteiger charge is -2.11. The van der Waals surface area contributed by atoms with Crippen molar-refractivity contribution in [2.24, 2.45) is 5.73 Å². The molecule has 0 aliphatic carbocycles. The molecule has 0 fully saturated rings. The molecule has 96 valence electrons. The van der Waals surface area contributed by atoms with Gasteiger partial charge in [-0.05, 0) is 37.5 Å². The predicted octanol–water partition coefficient (Wildman–Crippen LogP) is 2.76. The first-order chi connectivity index (χ1) is 8.69. The Kier molecular flexibility index (Phi) is 3.82. The number of benzene rings is 1. The molecule has 2 rings (SSSR count). The smallest absolute Gasteiger partial charge is 0.0693 e. The van der Waals surface area contributed by atoms with E-state index in [9.17, 15) is 0 Å². The largest absolute Gasteiger partial charge is 0.326 e. The zero-order valence-corrected chi connectivity index (χ0v) is 11.4. The summed E-state index contributed by atoms with van der Waals surface area (Å²) in [6, 6.07) is 8.55. The molecule has 0 spiro atoms. The molecule has 0 radical (unpaired) electrons. The molecule has 0 saturated carbocycles. The molecule has 0 aliphatic heterocycles. The Morgan fingerprint density at radius 1 is 1.17 bits per heavy atom. The van der Waals surface area contributed by atoms with Gasteiger partial charge in [-0.2, -0.15) is 5.10 Å². The maximum absolute atomic E-state index is 5.85. The minimum absolute atomic E-state index is 0.543. The van der Waals surface area contributed by atoms with Crippen LogP contribution in [0.15, 0.2) is 24.3 Å². The number of rotatable bonds is 4. The molecule has 2 aromatic rings. The standard InChI is InChI=1S/C15H21N3/c1-4-13-9-14(5-2)18(17-13)15-7-6-11(3)8-12(15)10-16/h6-9H,4-5,10,16H2,1-3H3. The molecule has 0 aliphatic rings. The quantitative estimate of drug-likeness (QED) is 0.897. The molecular weight excluding hydrogens is 222 g/mol. The van der Waals surface area contributed by atoms with Crippen molar-refractivity contribution >= 4 is 0 Å². The Hall–Kier alpha value is -1.61. The SMILES string of the molecule is CCc1cc(CC)n(-c2ccc(C)cc2CN)n1. The van der Waals surface area contributed by atoms with Crippen molar-refractivity contribution in [2.45, 2.75) is 40.2 Å². The summed E-state index contributed by atoms with van der Waals surface area (Å²) in [5.74, 6) is 0. The molecular formula is C15H21N3. The number of aromatic nitrogens is 2. The zero-order valence-electron chi connectivity index (χ0n) is 11.4. The summed E-state index contributed by atoms with van der Waals surface area (Å²) in [5.41, 5.74) is 11.7. The molecule has 0 atom stereocenters. The molecule has 0 saturated heterocycles. The highest BCUT2D eigenvalue weighted by Gasteiger charge is 2.10. The van der Waals surface area contributed by atoms with E-state index < -0.39 is 0 Å². The van der Waals surface area contributed by atoms with Gasteiger partial charge in [0.15, 0.2) is 0 Å². The van der Waals surface area contributed by atoms with E-state index in [0.717, 1.165) is 29.8 Å². The van der Waals surface area contributed by atoms with Crippen LogP contribution >= 0.6 is 0 Å². The third-order valence-electron chi connectivity index (χ3n) is 3.24. The molecule has 0 bridgehead atoms. The Morgan fingerprint density at radius 2 is 1.94 bits per heavy atom. The average molecular weight is 243 g/mol. The summed E-state index contributed by atoms with van der Waals surface area (Å²) >= 11 is 0. The van der Waals surface area contributed by atoms with Gasteiger partial charge in [-0.1, -0.05) is 31.5 Å². The van der Waals surface area contributed by atoms with Gasteiger partial charge in [0.2, 0.25) is 0 Å². The summed E-state index contributed by atoms with van der Waals surface area (Å²) in [5, 5.41) is 4.67. The molecule has 2 N–H and O–H groups in total. The van der Waals surface area contributed by atoms with Gasteiger partial charge in [-0.15, -0.1) is 0 Å². The molecule has 0 unspecified atom stereocenters. The number of hydrogen-bond acceptors (Lipinski definition) is 2. The normalized spacial score (nSPS) is 10.9. The van der Waals surface area contributed by atoms with Crippen molar-refractivity contribution in [1.29, 1.82) is 0 Å². The number of aryl methyl sites for hydroxylation is 3. The molecule has 3 nitrogen and oxygen atoms in total. The molecule has 0 amide bonds. The maximum atomic E-state index is 5.85. The Labute approximate surface area is 109 Å². The van der Waals surface area contributed by atoms with Gasteiger partial charge in [0.25, 0.3) is 0 Å². The molecule has 1 aromatic heterocycles. The summed E-state index contributed by atoms with van der Waals surface area (Å²) in [6.07, 6.45) is 1.94. The van der Waals surface area contributed by atoms with E-state index in [0.29, 0.717) is 6.54 Å². The molecule has 1 aromatic carbocycles. The van der Waals surface area contributed by atoms with Gasteiger partial charge in [0.05, 0.1) is 11.4 Å². The van der Waals surface area contributed by atoms with E-state index in [4.69, 9.17) is 5.73 Å². The van der Waals surface area contributed by atoms with Gasteiger partial charge in [0, 0.05) is 12.2 Å². The number of hydrogen-bond donors (Lipinski definition) is 1. The maximum Gasteiger partial charge on any atom is 0.0693 e. The summed E-state index contributed by atoms with van der Waals surface area (Å²) in [4.78, 5) is 0. The molecule has 1 heterocycles. The van der Waals surface area contributed by atoms with Crippen LogP contribution < -0.4 is 5.73 Å². The fourth-order valence-electron chi connectivity index (χ4n) is 2.19. The van der Waals surface area contributed by atoms with Crippen LogP contribution in [-0.4, -0.2) is 9.78 Å². The second-order valence-corrected chi connectivity index (χ2v) is 4.58. The lowest BCUT2D eigenvalue weighted by molar-refractivity contribution is 0.782. The van der Waals surface area contributed by atoms with Crippen LogP contribution in [0.3, 0.4) is 0 Å². The van der Waals surface area contributed by atoms with Crippen molar-refractivity contribution in [1.82, 2.24) is 9.78 Å². The highest BCUT2D eigenvalue weighted by molar-refractivity contribution is 5.44. The fourth-order valence-corrected chi connectivity index (χ4v) is 2.19. The van der Waals surface area contributed by atoms with E-state index in [1.807, 2.05) is 4.68 Å². The van der Waals surface area contributed by atoms with Gasteiger partial charge < -0.3 is 5.73 Å². The van der Waals surface area contributed by atoms with Crippen molar-refractivity contribution in [3.05, 3.63) is 46.8 Å².